The molecule has 0 atom stereocenters. The number of anilines is 4. The SMILES string of the molecule is COc1cccc(-c2c[nH]c3ccnc(Nc4ccccn4)c23)c1.COc1cccc(-c2cn(CCCCN3C(=O)c4ccccc4C3=O)c3ccnc(N)c23)c1.COc1cccc(-c2cn(CCCN)c3ccnc(N)c23)c1. The van der Waals surface area contributed by atoms with Crippen molar-refractivity contribution in [1.29, 1.82) is 0 Å². The fraction of sp³-hybridized carbons (Fsp3) is 0.161. The Kier molecular flexibility index (Phi) is 15.9. The van der Waals surface area contributed by atoms with E-state index in [1.54, 1.807) is 70.4 Å². The molecule has 0 saturated carbocycles. The number of carbonyl (C=O) groups is 2. The number of imide groups is 1. The molecule has 79 heavy (non-hydrogen) atoms. The van der Waals surface area contributed by atoms with Gasteiger partial charge in [0, 0.05) is 90.5 Å². The number of hydrogen-bond acceptors (Lipinski definition) is 13. The van der Waals surface area contributed by atoms with E-state index in [0.29, 0.717) is 42.3 Å². The molecule has 12 rings (SSSR count). The van der Waals surface area contributed by atoms with E-state index in [9.17, 15) is 9.59 Å². The fourth-order valence-corrected chi connectivity index (χ4v) is 9.94. The standard InChI is InChI=1S/C26H24N4O3.C19H16N4O.C17H20N4O/c1-33-18-8-6-7-17(15-18)21-16-29(22-11-12-28-24(27)23(21)22)13-4-5-14-30-25(31)19-9-2-3-10-20(19)26(30)32;1-24-14-6-4-5-13(11-14)15-12-22-16-8-10-21-19(18(15)16)23-17-7-2-3-9-20-17;1-22-13-5-2-4-12(10-13)14-11-21(9-3-7-18)15-6-8-20-17(19)16(14)15/h2-3,6-12,15-16H,4-5,13-14H2,1H3,(H2,27,28);2-12,22H,1H3,(H,20,21,23);2,4-6,8,10-11H,3,7,9,18H2,1H3,(H2,19,20). The van der Waals surface area contributed by atoms with E-state index in [1.165, 1.54) is 4.90 Å². The lowest BCUT2D eigenvalue weighted by molar-refractivity contribution is 0.0651. The first-order chi connectivity index (χ1) is 38.7. The Morgan fingerprint density at radius 2 is 1.01 bits per heavy atom. The molecule has 0 bridgehead atoms. The Balaban J connectivity index is 0.000000137. The van der Waals surface area contributed by atoms with Gasteiger partial charge in [-0.15, -0.1) is 0 Å². The number of H-pyrrole nitrogens is 1. The second-order valence-electron chi connectivity index (χ2n) is 18.6. The Bertz CT molecular complexity index is 3910. The Morgan fingerprint density at radius 3 is 1.53 bits per heavy atom. The van der Waals surface area contributed by atoms with Crippen molar-refractivity contribution in [2.24, 2.45) is 5.73 Å². The van der Waals surface area contributed by atoms with Crippen molar-refractivity contribution in [1.82, 2.24) is 39.0 Å². The number of aromatic amines is 1. The number of unbranched alkanes of at least 4 members (excludes halogenated alkanes) is 1. The number of aryl methyl sites for hydroxylation is 2. The lowest BCUT2D eigenvalue weighted by Gasteiger charge is -2.14. The molecule has 17 heteroatoms. The third kappa shape index (κ3) is 11.1. The number of pyridine rings is 4. The molecule has 8 N–H and O–H groups in total. The summed E-state index contributed by atoms with van der Waals surface area (Å²) < 4.78 is 20.4. The van der Waals surface area contributed by atoms with E-state index in [0.717, 1.165) is 121 Å². The highest BCUT2D eigenvalue weighted by Crippen LogP contribution is 2.38. The largest absolute Gasteiger partial charge is 0.497 e. The zero-order valence-corrected chi connectivity index (χ0v) is 44.1. The van der Waals surface area contributed by atoms with Gasteiger partial charge in [0.05, 0.1) is 54.4 Å². The molecule has 8 heterocycles. The van der Waals surface area contributed by atoms with Crippen LogP contribution >= 0.6 is 0 Å². The number of benzene rings is 4. The summed E-state index contributed by atoms with van der Waals surface area (Å²) in [5, 5.41) is 6.21. The Labute approximate surface area is 456 Å². The van der Waals surface area contributed by atoms with Crippen LogP contribution in [0.2, 0.25) is 0 Å². The van der Waals surface area contributed by atoms with Gasteiger partial charge in [0.25, 0.3) is 11.8 Å². The number of rotatable bonds is 16. The summed E-state index contributed by atoms with van der Waals surface area (Å²) in [6, 6.07) is 42.4. The van der Waals surface area contributed by atoms with Crippen molar-refractivity contribution in [3.05, 3.63) is 188 Å². The van der Waals surface area contributed by atoms with Crippen molar-refractivity contribution in [3.63, 3.8) is 0 Å². The van der Waals surface area contributed by atoms with E-state index >= 15 is 0 Å². The predicted molar refractivity (Wildman–Crippen MR) is 313 cm³/mol. The van der Waals surface area contributed by atoms with Gasteiger partial charge in [0.1, 0.15) is 40.5 Å². The van der Waals surface area contributed by atoms with E-state index in [1.807, 2.05) is 103 Å². The minimum atomic E-state index is -0.207. The van der Waals surface area contributed by atoms with Crippen LogP contribution in [-0.2, 0) is 13.1 Å². The highest BCUT2D eigenvalue weighted by molar-refractivity contribution is 6.21. The molecule has 7 aromatic heterocycles. The molecule has 2 amide bonds. The number of methoxy groups -OCH3 is 3. The number of amides is 2. The molecule has 0 spiro atoms. The lowest BCUT2D eigenvalue weighted by Crippen LogP contribution is -2.30. The molecule has 0 fully saturated rings. The van der Waals surface area contributed by atoms with E-state index in [4.69, 9.17) is 31.4 Å². The normalized spacial score (nSPS) is 11.8. The van der Waals surface area contributed by atoms with Gasteiger partial charge in [-0.3, -0.25) is 14.5 Å². The second-order valence-corrected chi connectivity index (χ2v) is 18.6. The summed E-state index contributed by atoms with van der Waals surface area (Å²) in [5.41, 5.74) is 28.4. The van der Waals surface area contributed by atoms with Gasteiger partial charge >= 0.3 is 0 Å². The summed E-state index contributed by atoms with van der Waals surface area (Å²) in [4.78, 5) is 47.1. The average molecular weight is 1050 g/mol. The van der Waals surface area contributed by atoms with Gasteiger partial charge < -0.3 is 50.8 Å². The molecule has 1 aliphatic rings. The molecule has 11 aromatic rings. The van der Waals surface area contributed by atoms with Crippen molar-refractivity contribution >= 4 is 67.8 Å². The number of nitrogen functional groups attached to an aromatic ring is 2. The van der Waals surface area contributed by atoms with Crippen LogP contribution in [0.4, 0.5) is 23.3 Å². The Hall–Kier alpha value is -10.0. The van der Waals surface area contributed by atoms with Gasteiger partial charge in [-0.05, 0) is 121 Å². The molecule has 17 nitrogen and oxygen atoms in total. The number of nitrogens with one attached hydrogen (secondary N) is 2. The summed E-state index contributed by atoms with van der Waals surface area (Å²) in [6.45, 7) is 2.65. The molecule has 4 aromatic carbocycles. The predicted octanol–water partition coefficient (Wildman–Crippen LogP) is 11.4. The monoisotopic (exact) mass is 1050 g/mol. The minimum Gasteiger partial charge on any atom is -0.497 e. The molecule has 1 aliphatic heterocycles. The first-order valence-corrected chi connectivity index (χ1v) is 25.9. The highest BCUT2D eigenvalue weighted by atomic mass is 16.5. The van der Waals surface area contributed by atoms with E-state index < -0.39 is 0 Å². The maximum atomic E-state index is 12.6. The molecule has 398 valence electrons. The van der Waals surface area contributed by atoms with Crippen molar-refractivity contribution in [2.45, 2.75) is 32.4 Å². The molecule has 0 radical (unpaired) electrons. The van der Waals surface area contributed by atoms with Crippen LogP contribution < -0.4 is 36.7 Å². The van der Waals surface area contributed by atoms with Crippen LogP contribution in [-0.4, -0.2) is 85.2 Å². The number of aromatic nitrogens is 7. The maximum absolute atomic E-state index is 12.6. The summed E-state index contributed by atoms with van der Waals surface area (Å²) in [6.07, 6.45) is 15.6. The molecular weight excluding hydrogens is 993 g/mol. The molecular formula is C62H60N12O5. The van der Waals surface area contributed by atoms with Crippen molar-refractivity contribution in [3.8, 4) is 50.6 Å². The Morgan fingerprint density at radius 1 is 0.506 bits per heavy atom. The fourth-order valence-electron chi connectivity index (χ4n) is 9.94. The van der Waals surface area contributed by atoms with Gasteiger partial charge in [-0.1, -0.05) is 54.6 Å². The summed E-state index contributed by atoms with van der Waals surface area (Å²) in [5.74, 6) is 4.56. The molecule has 0 aliphatic carbocycles. The van der Waals surface area contributed by atoms with Gasteiger partial charge in [-0.2, -0.15) is 0 Å². The van der Waals surface area contributed by atoms with Gasteiger partial charge in [0.15, 0.2) is 0 Å². The first kappa shape index (κ1) is 52.4. The van der Waals surface area contributed by atoms with Crippen LogP contribution in [0.15, 0.2) is 177 Å². The quantitative estimate of drug-likeness (QED) is 0.0448. The molecule has 0 unspecified atom stereocenters. The number of nitrogens with zero attached hydrogens (tertiary/aromatic N) is 7. The zero-order chi connectivity index (χ0) is 54.8. The molecule has 0 saturated heterocycles. The number of nitrogens with two attached hydrogens (primary N) is 3. The first-order valence-electron chi connectivity index (χ1n) is 25.9. The topological polar surface area (TPSA) is 232 Å². The van der Waals surface area contributed by atoms with Crippen LogP contribution in [0.25, 0.3) is 66.1 Å². The smallest absolute Gasteiger partial charge is 0.261 e. The average Bonchev–Trinajstić information content (AvgIpc) is 4.31. The van der Waals surface area contributed by atoms with Crippen LogP contribution in [0.3, 0.4) is 0 Å². The van der Waals surface area contributed by atoms with Gasteiger partial charge in [0.2, 0.25) is 0 Å². The maximum Gasteiger partial charge on any atom is 0.261 e. The zero-order valence-electron chi connectivity index (χ0n) is 44.1. The third-order valence-electron chi connectivity index (χ3n) is 13.8. The number of ether oxygens (including phenoxy) is 3. The van der Waals surface area contributed by atoms with Crippen molar-refractivity contribution in [2.75, 3.05) is 51.2 Å². The number of fused-ring (bicyclic) bond motifs is 4. The minimum absolute atomic E-state index is 0.207. The van der Waals surface area contributed by atoms with Crippen molar-refractivity contribution < 1.29 is 23.8 Å². The van der Waals surface area contributed by atoms with E-state index in [2.05, 4.69) is 63.9 Å². The van der Waals surface area contributed by atoms with Crippen LogP contribution in [0.1, 0.15) is 40.0 Å². The summed E-state index contributed by atoms with van der Waals surface area (Å²) in [7, 11) is 4.98. The van der Waals surface area contributed by atoms with Gasteiger partial charge in [-0.25, -0.2) is 19.9 Å². The van der Waals surface area contributed by atoms with E-state index in [-0.39, 0.29) is 11.8 Å². The lowest BCUT2D eigenvalue weighted by atomic mass is 10.0. The number of carbonyl (C=O) groups excluding carboxylic acids is 2. The second kappa shape index (κ2) is 23.9. The van der Waals surface area contributed by atoms with Crippen LogP contribution in [0, 0.1) is 0 Å². The third-order valence-corrected chi connectivity index (χ3v) is 13.8. The summed E-state index contributed by atoms with van der Waals surface area (Å²) >= 11 is 0. The highest BCUT2D eigenvalue weighted by Gasteiger charge is 2.34. The number of hydrogen-bond donors (Lipinski definition) is 5. The van der Waals surface area contributed by atoms with Crippen LogP contribution in [0.5, 0.6) is 17.2 Å².